The first kappa shape index (κ1) is 19.1. The minimum atomic E-state index is -0.0935. The highest BCUT2D eigenvalue weighted by Crippen LogP contribution is 2.37. The van der Waals surface area contributed by atoms with Gasteiger partial charge in [-0.15, -0.1) is 0 Å². The van der Waals surface area contributed by atoms with Gasteiger partial charge in [-0.3, -0.25) is 5.43 Å². The van der Waals surface area contributed by atoms with Crippen molar-refractivity contribution in [2.24, 2.45) is 5.10 Å². The second-order valence-electron chi connectivity index (χ2n) is 5.62. The maximum absolute atomic E-state index is 10.3. The van der Waals surface area contributed by atoms with E-state index < -0.39 is 0 Å². The summed E-state index contributed by atoms with van der Waals surface area (Å²) in [6.07, 6.45) is 1.40. The summed E-state index contributed by atoms with van der Waals surface area (Å²) in [7, 11) is 0. The number of phenols is 3. The smallest absolute Gasteiger partial charge is 0.165 e. The first-order valence-electron chi connectivity index (χ1n) is 7.68. The van der Waals surface area contributed by atoms with E-state index >= 15 is 0 Å². The van der Waals surface area contributed by atoms with E-state index in [4.69, 9.17) is 0 Å². The lowest BCUT2D eigenvalue weighted by Gasteiger charge is -2.09. The van der Waals surface area contributed by atoms with Crippen LogP contribution in [0.4, 0.5) is 5.82 Å². The first-order valence-corrected chi connectivity index (χ1v) is 9.27. The molecule has 4 N–H and O–H groups in total. The Bertz CT molecular complexity index is 1040. The lowest BCUT2D eigenvalue weighted by Crippen LogP contribution is -1.99. The van der Waals surface area contributed by atoms with Crippen LogP contribution in [0.5, 0.6) is 17.2 Å². The number of nitrogens with zero attached hydrogens (tertiary/aromatic N) is 3. The van der Waals surface area contributed by atoms with Crippen LogP contribution < -0.4 is 5.43 Å². The van der Waals surface area contributed by atoms with E-state index in [9.17, 15) is 15.3 Å². The monoisotopic (exact) mass is 492 g/mol. The van der Waals surface area contributed by atoms with Gasteiger partial charge in [0.2, 0.25) is 0 Å². The van der Waals surface area contributed by atoms with Gasteiger partial charge >= 0.3 is 0 Å². The zero-order chi connectivity index (χ0) is 19.6. The molecule has 7 nitrogen and oxygen atoms in total. The normalized spacial score (nSPS) is 11.1. The third kappa shape index (κ3) is 4.55. The number of hydrogen-bond donors (Lipinski definition) is 4. The van der Waals surface area contributed by atoms with E-state index in [1.54, 1.807) is 25.1 Å². The Morgan fingerprint density at radius 3 is 2.56 bits per heavy atom. The largest absolute Gasteiger partial charge is 0.508 e. The van der Waals surface area contributed by atoms with Crippen molar-refractivity contribution in [1.82, 2.24) is 9.97 Å². The standard InChI is InChI=1S/C18H14Br2N4O3/c1-9-4-16(24-21-8-10-2-3-12(25)7-15(10)26)23-18(22-9)13-5-11(19)6-14(20)17(13)27/h2-8,25-27H,1H3,(H,22,23,24). The number of nitrogens with one attached hydrogen (secondary N) is 1. The fourth-order valence-electron chi connectivity index (χ4n) is 2.29. The van der Waals surface area contributed by atoms with Gasteiger partial charge in [-0.1, -0.05) is 15.9 Å². The van der Waals surface area contributed by atoms with Crippen LogP contribution in [0.2, 0.25) is 0 Å². The van der Waals surface area contributed by atoms with E-state index in [2.05, 4.69) is 52.4 Å². The number of benzene rings is 2. The summed E-state index contributed by atoms with van der Waals surface area (Å²) in [4.78, 5) is 8.74. The number of phenolic OH excluding ortho intramolecular Hbond substituents is 3. The molecule has 0 saturated heterocycles. The van der Waals surface area contributed by atoms with Crippen LogP contribution in [0, 0.1) is 6.92 Å². The molecular formula is C18H14Br2N4O3. The molecule has 2 aromatic carbocycles. The first-order chi connectivity index (χ1) is 12.8. The average Bonchev–Trinajstić information content (AvgIpc) is 2.59. The Morgan fingerprint density at radius 1 is 1.04 bits per heavy atom. The molecule has 0 atom stereocenters. The third-order valence-electron chi connectivity index (χ3n) is 3.52. The molecule has 0 aliphatic rings. The maximum atomic E-state index is 10.3. The Labute approximate surface area is 171 Å². The Morgan fingerprint density at radius 2 is 1.81 bits per heavy atom. The molecule has 0 spiro atoms. The van der Waals surface area contributed by atoms with E-state index in [-0.39, 0.29) is 17.2 Å². The number of hydrogen-bond acceptors (Lipinski definition) is 7. The van der Waals surface area contributed by atoms with Crippen molar-refractivity contribution in [2.75, 3.05) is 5.43 Å². The van der Waals surface area contributed by atoms with Crippen LogP contribution in [0.25, 0.3) is 11.4 Å². The molecule has 0 radical (unpaired) electrons. The number of aromatic hydroxyl groups is 3. The number of aromatic nitrogens is 2. The summed E-state index contributed by atoms with van der Waals surface area (Å²) in [5.74, 6) is 0.659. The predicted molar refractivity (Wildman–Crippen MR) is 110 cm³/mol. The Hall–Kier alpha value is -2.65. The zero-order valence-electron chi connectivity index (χ0n) is 14.0. The van der Waals surface area contributed by atoms with Gasteiger partial charge in [0.15, 0.2) is 11.6 Å². The van der Waals surface area contributed by atoms with Crippen LogP contribution in [-0.2, 0) is 0 Å². The van der Waals surface area contributed by atoms with Crippen LogP contribution in [0.15, 0.2) is 50.4 Å². The molecule has 3 rings (SSSR count). The number of anilines is 1. The molecule has 138 valence electrons. The molecular weight excluding hydrogens is 480 g/mol. The molecule has 0 aliphatic carbocycles. The molecule has 0 fully saturated rings. The van der Waals surface area contributed by atoms with Gasteiger partial charge in [0, 0.05) is 27.9 Å². The average molecular weight is 494 g/mol. The Balaban J connectivity index is 1.89. The number of aryl methyl sites for hydroxylation is 1. The summed E-state index contributed by atoms with van der Waals surface area (Å²) < 4.78 is 1.29. The van der Waals surface area contributed by atoms with Gasteiger partial charge in [-0.2, -0.15) is 5.10 Å². The van der Waals surface area contributed by atoms with E-state index in [1.807, 2.05) is 0 Å². The second-order valence-corrected chi connectivity index (χ2v) is 7.39. The van der Waals surface area contributed by atoms with Crippen molar-refractivity contribution in [3.05, 3.63) is 56.6 Å². The van der Waals surface area contributed by atoms with Crippen LogP contribution in [-0.4, -0.2) is 31.5 Å². The molecule has 27 heavy (non-hydrogen) atoms. The molecule has 0 bridgehead atoms. The molecule has 0 saturated carbocycles. The van der Waals surface area contributed by atoms with Crippen LogP contribution in [0.3, 0.4) is 0 Å². The highest BCUT2D eigenvalue weighted by Gasteiger charge is 2.13. The van der Waals surface area contributed by atoms with Crippen molar-refractivity contribution < 1.29 is 15.3 Å². The van der Waals surface area contributed by atoms with Gasteiger partial charge in [0.25, 0.3) is 0 Å². The van der Waals surface area contributed by atoms with Crippen molar-refractivity contribution in [3.63, 3.8) is 0 Å². The van der Waals surface area contributed by atoms with E-state index in [1.165, 1.54) is 24.4 Å². The lowest BCUT2D eigenvalue weighted by molar-refractivity contribution is 0.450. The van der Waals surface area contributed by atoms with Crippen molar-refractivity contribution in [2.45, 2.75) is 6.92 Å². The quantitative estimate of drug-likeness (QED) is 0.313. The molecule has 3 aromatic rings. The van der Waals surface area contributed by atoms with Gasteiger partial charge in [-0.05, 0) is 47.1 Å². The van der Waals surface area contributed by atoms with Crippen LogP contribution in [0.1, 0.15) is 11.3 Å². The van der Waals surface area contributed by atoms with Crippen LogP contribution >= 0.6 is 31.9 Å². The summed E-state index contributed by atoms with van der Waals surface area (Å²) in [6, 6.07) is 9.34. The van der Waals surface area contributed by atoms with Gasteiger partial charge in [-0.25, -0.2) is 9.97 Å². The van der Waals surface area contributed by atoms with Crippen molar-refractivity contribution in [3.8, 4) is 28.6 Å². The summed E-state index contributed by atoms with van der Waals surface area (Å²) in [5.41, 5.74) is 4.35. The zero-order valence-corrected chi connectivity index (χ0v) is 17.2. The molecule has 0 unspecified atom stereocenters. The fraction of sp³-hybridized carbons (Fsp3) is 0.0556. The summed E-state index contributed by atoms with van der Waals surface area (Å²) in [6.45, 7) is 1.80. The Kier molecular flexibility index (Phi) is 5.62. The van der Waals surface area contributed by atoms with Gasteiger partial charge < -0.3 is 15.3 Å². The molecule has 9 heteroatoms. The number of halogens is 2. The fourth-order valence-corrected chi connectivity index (χ4v) is 3.52. The minimum absolute atomic E-state index is 0.0336. The van der Waals surface area contributed by atoms with E-state index in [0.717, 1.165) is 4.47 Å². The SMILES string of the molecule is Cc1cc(NN=Cc2ccc(O)cc2O)nc(-c2cc(Br)cc(Br)c2O)n1. The molecule has 1 heterocycles. The minimum Gasteiger partial charge on any atom is -0.508 e. The molecule has 0 aliphatic heterocycles. The molecule has 0 amide bonds. The topological polar surface area (TPSA) is 111 Å². The van der Waals surface area contributed by atoms with Gasteiger partial charge in [0.05, 0.1) is 16.3 Å². The number of rotatable bonds is 4. The van der Waals surface area contributed by atoms with E-state index in [0.29, 0.717) is 32.9 Å². The third-order valence-corrected chi connectivity index (χ3v) is 4.58. The lowest BCUT2D eigenvalue weighted by atomic mass is 10.2. The summed E-state index contributed by atoms with van der Waals surface area (Å²) in [5, 5.41) is 33.4. The second kappa shape index (κ2) is 7.93. The van der Waals surface area contributed by atoms with Crippen molar-refractivity contribution >= 4 is 43.9 Å². The summed E-state index contributed by atoms with van der Waals surface area (Å²) >= 11 is 6.68. The number of hydrazone groups is 1. The highest BCUT2D eigenvalue weighted by molar-refractivity contribution is 9.11. The highest BCUT2D eigenvalue weighted by atomic mass is 79.9. The molecule has 1 aromatic heterocycles. The van der Waals surface area contributed by atoms with Gasteiger partial charge in [0.1, 0.15) is 17.2 Å². The van der Waals surface area contributed by atoms with Crippen molar-refractivity contribution in [1.29, 1.82) is 0 Å². The maximum Gasteiger partial charge on any atom is 0.165 e. The predicted octanol–water partition coefficient (Wildman–Crippen LogP) is 4.54.